The van der Waals surface area contributed by atoms with E-state index in [1.807, 2.05) is 0 Å². The molecular formula is H2Cs2O5S. The maximum atomic E-state index is 8.52. The first-order valence-electron chi connectivity index (χ1n) is 0.667. The monoisotopic (exact) mass is 380 g/mol. The number of hydrogen-bond acceptors (Lipinski definition) is 4. The van der Waals surface area contributed by atoms with E-state index >= 15 is 0 Å². The minimum atomic E-state index is -5.17. The van der Waals surface area contributed by atoms with Gasteiger partial charge in [-0.2, -0.15) is 0 Å². The van der Waals surface area contributed by atoms with E-state index in [0.717, 1.165) is 0 Å². The fraction of sp³-hybridized carbons (Fsp3) is 0. The molecule has 0 fully saturated rings. The van der Waals surface area contributed by atoms with E-state index in [1.54, 1.807) is 0 Å². The Labute approximate surface area is 165 Å². The molecule has 0 spiro atoms. The largest absolute Gasteiger partial charge is 1.00 e. The van der Waals surface area contributed by atoms with Crippen molar-refractivity contribution in [2.45, 2.75) is 0 Å². The fourth-order valence-electron chi connectivity index (χ4n) is 0. The molecule has 0 aromatic heterocycles. The van der Waals surface area contributed by atoms with Crippen LogP contribution < -0.4 is 138 Å². The maximum Gasteiger partial charge on any atom is 1.00 e. The van der Waals surface area contributed by atoms with E-state index in [4.69, 9.17) is 17.5 Å². The molecule has 0 atom stereocenters. The first-order valence-corrected chi connectivity index (χ1v) is 2.00. The summed E-state index contributed by atoms with van der Waals surface area (Å²) in [5.41, 5.74) is 0. The first-order chi connectivity index (χ1) is 2.00. The van der Waals surface area contributed by atoms with Crippen LogP contribution in [0.1, 0.15) is 0 Å². The Bertz CT molecular complexity index is 93.6. The standard InChI is InChI=1S/2Cs.H2O4S.H2O/c;;1-5(2,3)4;/h;;(H2,1,2,3,4);1H2/q2*+1;;/p-2. The molecular weight excluding hydrogens is 378 g/mol. The summed E-state index contributed by atoms with van der Waals surface area (Å²) in [6, 6.07) is 0. The Morgan fingerprint density at radius 2 is 1.00 bits per heavy atom. The first kappa shape index (κ1) is 22.7. The topological polar surface area (TPSA) is 112 Å². The molecule has 0 unspecified atom stereocenters. The van der Waals surface area contributed by atoms with Gasteiger partial charge < -0.3 is 14.6 Å². The normalized spacial score (nSPS) is 7.25. The van der Waals surface area contributed by atoms with E-state index < -0.39 is 10.4 Å². The van der Waals surface area contributed by atoms with Gasteiger partial charge in [0.25, 0.3) is 0 Å². The second-order valence-corrected chi connectivity index (χ2v) is 1.22. The van der Waals surface area contributed by atoms with Crippen molar-refractivity contribution in [2.24, 2.45) is 0 Å². The van der Waals surface area contributed by atoms with Crippen molar-refractivity contribution in [3.8, 4) is 0 Å². The van der Waals surface area contributed by atoms with Gasteiger partial charge in [0.05, 0.1) is 0 Å². The van der Waals surface area contributed by atoms with Gasteiger partial charge in [-0.1, -0.05) is 0 Å². The van der Waals surface area contributed by atoms with Crippen molar-refractivity contribution in [1.29, 1.82) is 0 Å². The van der Waals surface area contributed by atoms with E-state index in [0.29, 0.717) is 0 Å². The Morgan fingerprint density at radius 1 is 1.00 bits per heavy atom. The van der Waals surface area contributed by atoms with Gasteiger partial charge in [-0.25, -0.2) is 0 Å². The molecule has 0 saturated carbocycles. The zero-order valence-corrected chi connectivity index (χ0v) is 17.9. The van der Waals surface area contributed by atoms with Crippen LogP contribution in [0.3, 0.4) is 0 Å². The Kier molecular flexibility index (Phi) is 31.0. The molecule has 0 saturated heterocycles. The van der Waals surface area contributed by atoms with Crippen molar-refractivity contribution in [1.82, 2.24) is 0 Å². The van der Waals surface area contributed by atoms with Crippen molar-refractivity contribution in [3.63, 3.8) is 0 Å². The summed E-state index contributed by atoms with van der Waals surface area (Å²) in [6.45, 7) is 0. The van der Waals surface area contributed by atoms with Crippen LogP contribution in [0.15, 0.2) is 0 Å². The van der Waals surface area contributed by atoms with E-state index in [1.165, 1.54) is 0 Å². The molecule has 2 N–H and O–H groups in total. The van der Waals surface area contributed by atoms with Gasteiger partial charge in [-0.05, 0) is 0 Å². The second-order valence-electron chi connectivity index (χ2n) is 0.408. The summed E-state index contributed by atoms with van der Waals surface area (Å²) in [6.07, 6.45) is 0. The van der Waals surface area contributed by atoms with Gasteiger partial charge in [0, 0.05) is 10.4 Å². The zero-order valence-electron chi connectivity index (χ0n) is 4.54. The summed E-state index contributed by atoms with van der Waals surface area (Å²) >= 11 is 0. The molecule has 8 heteroatoms. The second kappa shape index (κ2) is 10.9. The number of hydrogen-bond donors (Lipinski definition) is 0. The van der Waals surface area contributed by atoms with Gasteiger partial charge in [0.1, 0.15) is 0 Å². The van der Waals surface area contributed by atoms with Gasteiger partial charge >= 0.3 is 138 Å². The summed E-state index contributed by atoms with van der Waals surface area (Å²) < 4.78 is 34.1. The minimum Gasteiger partial charge on any atom is -0.759 e. The molecule has 0 radical (unpaired) electrons. The van der Waals surface area contributed by atoms with Crippen molar-refractivity contribution in [3.05, 3.63) is 0 Å². The van der Waals surface area contributed by atoms with E-state index in [2.05, 4.69) is 0 Å². The van der Waals surface area contributed by atoms with E-state index in [9.17, 15) is 0 Å². The molecule has 0 aliphatic heterocycles. The summed E-state index contributed by atoms with van der Waals surface area (Å²) in [7, 11) is -5.17. The van der Waals surface area contributed by atoms with Crippen molar-refractivity contribution in [2.75, 3.05) is 0 Å². The third kappa shape index (κ3) is 51.2. The molecule has 0 amide bonds. The van der Waals surface area contributed by atoms with Crippen LogP contribution in [-0.2, 0) is 10.4 Å². The van der Waals surface area contributed by atoms with Gasteiger partial charge in [0.2, 0.25) is 0 Å². The predicted octanol–water partition coefficient (Wildman–Crippen LogP) is -8.15. The predicted molar refractivity (Wildman–Crippen MR) is 14.1 cm³/mol. The van der Waals surface area contributed by atoms with Gasteiger partial charge in [-0.15, -0.1) is 0 Å². The molecule has 0 aliphatic rings. The average molecular weight is 380 g/mol. The van der Waals surface area contributed by atoms with Crippen molar-refractivity contribution < 1.29 is 161 Å². The van der Waals surface area contributed by atoms with Crippen LogP contribution in [0.2, 0.25) is 0 Å². The fourth-order valence-corrected chi connectivity index (χ4v) is 0. The van der Waals surface area contributed by atoms with Crippen LogP contribution in [0, 0.1) is 0 Å². The summed E-state index contributed by atoms with van der Waals surface area (Å²) in [5.74, 6) is 0. The van der Waals surface area contributed by atoms with Crippen LogP contribution in [0.5, 0.6) is 0 Å². The molecule has 5 nitrogen and oxygen atoms in total. The molecule has 0 rings (SSSR count). The molecule has 0 aromatic rings. The summed E-state index contributed by atoms with van der Waals surface area (Å²) in [4.78, 5) is 0. The van der Waals surface area contributed by atoms with E-state index in [-0.39, 0.29) is 143 Å². The quantitative estimate of drug-likeness (QED) is 0.307. The molecule has 0 aromatic carbocycles. The van der Waals surface area contributed by atoms with Crippen molar-refractivity contribution >= 4 is 10.4 Å². The SMILES string of the molecule is O.O=S(=O)([O-])[O-].[Cs+].[Cs+]. The third-order valence-corrected chi connectivity index (χ3v) is 0. The smallest absolute Gasteiger partial charge is 0.759 e. The molecule has 40 valence electrons. The molecule has 0 heterocycles. The number of rotatable bonds is 0. The summed E-state index contributed by atoms with van der Waals surface area (Å²) in [5, 5.41) is 0. The van der Waals surface area contributed by atoms with Gasteiger partial charge in [0.15, 0.2) is 0 Å². The molecule has 0 aliphatic carbocycles. The molecule has 8 heavy (non-hydrogen) atoms. The Balaban J connectivity index is -0.0000000267. The van der Waals surface area contributed by atoms with Crippen LogP contribution in [0.4, 0.5) is 0 Å². The average Bonchev–Trinajstić information content (AvgIpc) is 0.722. The Morgan fingerprint density at radius 3 is 1.00 bits per heavy atom. The molecule has 0 bridgehead atoms. The Hall–Kier alpha value is 3.93. The van der Waals surface area contributed by atoms with Crippen LogP contribution in [-0.4, -0.2) is 23.0 Å². The van der Waals surface area contributed by atoms with Crippen LogP contribution >= 0.6 is 0 Å². The third-order valence-electron chi connectivity index (χ3n) is 0. The van der Waals surface area contributed by atoms with Crippen LogP contribution in [0.25, 0.3) is 0 Å². The minimum absolute atomic E-state index is 0. The zero-order chi connectivity index (χ0) is 4.50. The van der Waals surface area contributed by atoms with Gasteiger partial charge in [-0.3, -0.25) is 8.42 Å². The maximum absolute atomic E-state index is 8.52.